The summed E-state index contributed by atoms with van der Waals surface area (Å²) in [7, 11) is 1.64. The first-order chi connectivity index (χ1) is 11.7. The average molecular weight is 318 g/mol. The molecule has 0 amide bonds. The quantitative estimate of drug-likeness (QED) is 0.654. The Hall–Kier alpha value is -2.81. The molecule has 3 aromatic rings. The number of nitrogens with zero attached hydrogens (tertiary/aromatic N) is 1. The monoisotopic (exact) mass is 318 g/mol. The molecule has 1 radical (unpaired) electrons. The fraction of sp³-hybridized carbons (Fsp3) is 0.143. The van der Waals surface area contributed by atoms with Crippen molar-refractivity contribution >= 4 is 22.9 Å². The summed E-state index contributed by atoms with van der Waals surface area (Å²) >= 11 is 0. The Balaban J connectivity index is 2.07. The van der Waals surface area contributed by atoms with Crippen molar-refractivity contribution in [3.8, 4) is 5.75 Å². The lowest BCUT2D eigenvalue weighted by Gasteiger charge is -2.04. The summed E-state index contributed by atoms with van der Waals surface area (Å²) in [6.07, 6.45) is 4.07. The van der Waals surface area contributed by atoms with Crippen molar-refractivity contribution in [1.82, 2.24) is 4.57 Å². The van der Waals surface area contributed by atoms with Crippen LogP contribution in [0.15, 0.2) is 54.6 Å². The summed E-state index contributed by atoms with van der Waals surface area (Å²) < 4.78 is 7.05. The van der Waals surface area contributed by atoms with Crippen LogP contribution >= 0.6 is 0 Å². The van der Waals surface area contributed by atoms with Crippen LogP contribution in [0.4, 0.5) is 0 Å². The van der Waals surface area contributed by atoms with Crippen molar-refractivity contribution in [3.05, 3.63) is 78.4 Å². The second-order valence-corrected chi connectivity index (χ2v) is 5.61. The molecule has 0 bridgehead atoms. The maximum Gasteiger partial charge on any atom is 0.255 e. The van der Waals surface area contributed by atoms with Crippen LogP contribution in [0.2, 0.25) is 0 Å². The molecule has 0 spiro atoms. The van der Waals surface area contributed by atoms with Crippen LogP contribution in [-0.4, -0.2) is 17.6 Å². The highest BCUT2D eigenvalue weighted by Gasteiger charge is 2.16. The van der Waals surface area contributed by atoms with Crippen molar-refractivity contribution in [3.63, 3.8) is 0 Å². The fourth-order valence-corrected chi connectivity index (χ4v) is 3.00. The largest absolute Gasteiger partial charge is 0.497 e. The van der Waals surface area contributed by atoms with Gasteiger partial charge in [0.1, 0.15) is 5.75 Å². The Kier molecular flexibility index (Phi) is 4.52. The summed E-state index contributed by atoms with van der Waals surface area (Å²) in [4.78, 5) is 12.8. The highest BCUT2D eigenvalue weighted by Crippen LogP contribution is 2.29. The lowest BCUT2D eigenvalue weighted by atomic mass is 10.1. The topological polar surface area (TPSA) is 31.2 Å². The van der Waals surface area contributed by atoms with Gasteiger partial charge in [0.2, 0.25) is 0 Å². The molecule has 1 heterocycles. The number of carbonyl (C=O) groups excluding carboxylic acids is 1. The van der Waals surface area contributed by atoms with Crippen molar-refractivity contribution < 1.29 is 9.53 Å². The van der Waals surface area contributed by atoms with Crippen molar-refractivity contribution in [2.75, 3.05) is 7.11 Å². The van der Waals surface area contributed by atoms with Crippen molar-refractivity contribution in [2.45, 2.75) is 13.3 Å². The highest BCUT2D eigenvalue weighted by atomic mass is 16.5. The summed E-state index contributed by atoms with van der Waals surface area (Å²) in [6, 6.07) is 15.6. The molecule has 0 aliphatic rings. The molecule has 0 unspecified atom stereocenters. The molecule has 2 aromatic carbocycles. The number of hydrogen-bond acceptors (Lipinski definition) is 2. The van der Waals surface area contributed by atoms with E-state index in [1.54, 1.807) is 17.8 Å². The predicted molar refractivity (Wildman–Crippen MR) is 98.4 cm³/mol. The second-order valence-electron chi connectivity index (χ2n) is 5.61. The third-order valence-corrected chi connectivity index (χ3v) is 4.23. The molecule has 0 atom stereocenters. The van der Waals surface area contributed by atoms with Gasteiger partial charge in [0, 0.05) is 17.2 Å². The minimum Gasteiger partial charge on any atom is -0.497 e. The molecule has 0 N–H and O–H groups in total. The van der Waals surface area contributed by atoms with Crippen LogP contribution in [0.3, 0.4) is 0 Å². The summed E-state index contributed by atoms with van der Waals surface area (Å²) in [5.41, 5.74) is 3.88. The molecule has 0 aliphatic carbocycles. The maximum atomic E-state index is 12.8. The third-order valence-electron chi connectivity index (χ3n) is 4.23. The number of hydrogen-bond donors (Lipinski definition) is 0. The number of benzene rings is 2. The van der Waals surface area contributed by atoms with Gasteiger partial charge in [-0.15, -0.1) is 0 Å². The number of carbonyl (C=O) groups is 1. The minimum atomic E-state index is -0.0637. The lowest BCUT2D eigenvalue weighted by Crippen LogP contribution is -2.09. The van der Waals surface area contributed by atoms with Gasteiger partial charge in [0.25, 0.3) is 5.91 Å². The first-order valence-corrected chi connectivity index (χ1v) is 7.90. The van der Waals surface area contributed by atoms with E-state index in [-0.39, 0.29) is 5.91 Å². The Morgan fingerprint density at radius 3 is 2.62 bits per heavy atom. The molecular formula is C21H20NO2. The van der Waals surface area contributed by atoms with E-state index in [9.17, 15) is 4.79 Å². The Bertz CT molecular complexity index is 904. The number of ether oxygens (including phenoxy) is 1. The number of methoxy groups -OCH3 is 1. The van der Waals surface area contributed by atoms with Gasteiger partial charge >= 0.3 is 0 Å². The molecule has 3 heteroatoms. The van der Waals surface area contributed by atoms with E-state index in [0.717, 1.165) is 33.5 Å². The van der Waals surface area contributed by atoms with Gasteiger partial charge in [-0.25, -0.2) is 0 Å². The number of rotatable bonds is 4. The molecule has 1 aromatic heterocycles. The van der Waals surface area contributed by atoms with E-state index in [1.807, 2.05) is 61.5 Å². The van der Waals surface area contributed by atoms with E-state index >= 15 is 0 Å². The van der Waals surface area contributed by atoms with Gasteiger partial charge in [-0.1, -0.05) is 30.3 Å². The molecule has 0 saturated carbocycles. The van der Waals surface area contributed by atoms with Crippen LogP contribution in [0.5, 0.6) is 5.75 Å². The van der Waals surface area contributed by atoms with E-state index in [2.05, 4.69) is 6.92 Å². The second kappa shape index (κ2) is 6.75. The number of aromatic nitrogens is 1. The van der Waals surface area contributed by atoms with Crippen LogP contribution < -0.4 is 4.74 Å². The maximum absolute atomic E-state index is 12.8. The fourth-order valence-electron chi connectivity index (χ4n) is 3.00. The van der Waals surface area contributed by atoms with Crippen LogP contribution in [0.1, 0.15) is 21.6 Å². The van der Waals surface area contributed by atoms with E-state index in [1.165, 1.54) is 0 Å². The zero-order valence-electron chi connectivity index (χ0n) is 14.0. The molecule has 24 heavy (non-hydrogen) atoms. The molecule has 0 fully saturated rings. The van der Waals surface area contributed by atoms with Crippen LogP contribution in [0.25, 0.3) is 17.0 Å². The van der Waals surface area contributed by atoms with E-state index < -0.39 is 0 Å². The highest BCUT2D eigenvalue weighted by molar-refractivity contribution is 6.02. The van der Waals surface area contributed by atoms with Crippen LogP contribution in [0, 0.1) is 13.8 Å². The van der Waals surface area contributed by atoms with Gasteiger partial charge in [-0.05, 0) is 55.7 Å². The molecule has 121 valence electrons. The van der Waals surface area contributed by atoms with Crippen molar-refractivity contribution in [2.24, 2.45) is 0 Å². The SMILES string of the molecule is [CH2]Cc1c(C)n(C(=O)C=Cc2ccccc2)c2ccc(OC)cc12. The first-order valence-electron chi connectivity index (χ1n) is 7.90. The predicted octanol–water partition coefficient (Wildman–Crippen LogP) is 4.69. The Morgan fingerprint density at radius 1 is 1.21 bits per heavy atom. The molecule has 3 nitrogen and oxygen atoms in total. The normalized spacial score (nSPS) is 11.3. The zero-order valence-corrected chi connectivity index (χ0v) is 14.0. The zero-order chi connectivity index (χ0) is 17.1. The average Bonchev–Trinajstić information content (AvgIpc) is 2.90. The first kappa shape index (κ1) is 16.1. The molecule has 0 aliphatic heterocycles. The van der Waals surface area contributed by atoms with Crippen LogP contribution in [-0.2, 0) is 6.42 Å². The lowest BCUT2D eigenvalue weighted by molar-refractivity contribution is 0.0972. The molecule has 3 rings (SSSR count). The van der Waals surface area contributed by atoms with Crippen molar-refractivity contribution in [1.29, 1.82) is 0 Å². The Morgan fingerprint density at radius 2 is 1.96 bits per heavy atom. The standard InChI is InChI=1S/C21H20NO2/c1-4-18-15(2)22(20-12-11-17(24-3)14-19(18)20)21(23)13-10-16-8-6-5-7-9-16/h5-14H,1,4H2,2-3H3. The molecule has 0 saturated heterocycles. The van der Waals surface area contributed by atoms with Gasteiger partial charge < -0.3 is 4.74 Å². The summed E-state index contributed by atoms with van der Waals surface area (Å²) in [6.45, 7) is 5.96. The van der Waals surface area contributed by atoms with Gasteiger partial charge in [-0.3, -0.25) is 9.36 Å². The van der Waals surface area contributed by atoms with E-state index in [0.29, 0.717) is 6.42 Å². The summed E-state index contributed by atoms with van der Waals surface area (Å²) in [5, 5.41) is 1.02. The Labute approximate surface area is 142 Å². The summed E-state index contributed by atoms with van der Waals surface area (Å²) in [5.74, 6) is 0.716. The minimum absolute atomic E-state index is 0.0637. The van der Waals surface area contributed by atoms with Gasteiger partial charge in [0.15, 0.2) is 0 Å². The smallest absolute Gasteiger partial charge is 0.255 e. The van der Waals surface area contributed by atoms with E-state index in [4.69, 9.17) is 4.74 Å². The number of fused-ring (bicyclic) bond motifs is 1. The van der Waals surface area contributed by atoms with Gasteiger partial charge in [0.05, 0.1) is 12.6 Å². The third kappa shape index (κ3) is 2.85. The van der Waals surface area contributed by atoms with Gasteiger partial charge in [-0.2, -0.15) is 0 Å². The molecular weight excluding hydrogens is 298 g/mol. The number of allylic oxidation sites excluding steroid dienone is 1.